The molecule has 0 atom stereocenters. The molecular formula is C36H30N2O5. The Morgan fingerprint density at radius 1 is 0.605 bits per heavy atom. The zero-order valence-corrected chi connectivity index (χ0v) is 24.5. The zero-order valence-electron chi connectivity index (χ0n) is 24.5. The number of amides is 4. The number of fused-ring (bicyclic) bond motifs is 2. The molecule has 0 unspecified atom stereocenters. The maximum atomic E-state index is 13.6. The van der Waals surface area contributed by atoms with Crippen LogP contribution in [0.4, 0.5) is 5.69 Å². The van der Waals surface area contributed by atoms with Gasteiger partial charge >= 0.3 is 0 Å². The minimum atomic E-state index is -0.487. The Bertz CT molecular complexity index is 1900. The van der Waals surface area contributed by atoms with Gasteiger partial charge in [0.1, 0.15) is 0 Å². The van der Waals surface area contributed by atoms with Crippen LogP contribution < -0.4 is 4.90 Å². The van der Waals surface area contributed by atoms with Crippen molar-refractivity contribution in [2.24, 2.45) is 0 Å². The third-order valence-electron chi connectivity index (χ3n) is 8.47. The summed E-state index contributed by atoms with van der Waals surface area (Å²) in [4.78, 5) is 67.4. The standard InChI is InChI=1S/C36H30N2O5/c1-5-23-16-21(8-7-20(23)3)15-22-9-14-31(24(6-2)17-22)38-35(42)28-13-11-26(19-30(28)36(38)43)32(39)25-10-12-27-29(18-25)34(41)37(4)33(27)40/h7-14,16-19H,5-6,15H2,1-4H3. The molecule has 0 aliphatic carbocycles. The maximum Gasteiger partial charge on any atom is 0.266 e. The van der Waals surface area contributed by atoms with Crippen molar-refractivity contribution in [1.29, 1.82) is 0 Å². The third kappa shape index (κ3) is 4.57. The first kappa shape index (κ1) is 28.0. The highest BCUT2D eigenvalue weighted by atomic mass is 16.2. The lowest BCUT2D eigenvalue weighted by Gasteiger charge is -2.19. The first-order valence-corrected chi connectivity index (χ1v) is 14.4. The van der Waals surface area contributed by atoms with E-state index in [1.54, 1.807) is 0 Å². The number of carbonyl (C=O) groups excluding carboxylic acids is 5. The molecular weight excluding hydrogens is 540 g/mol. The topological polar surface area (TPSA) is 91.8 Å². The first-order chi connectivity index (χ1) is 20.6. The van der Waals surface area contributed by atoms with Crippen molar-refractivity contribution in [2.45, 2.75) is 40.0 Å². The summed E-state index contributed by atoms with van der Waals surface area (Å²) in [5.41, 5.74) is 7.55. The van der Waals surface area contributed by atoms with Crippen LogP contribution in [-0.4, -0.2) is 41.4 Å². The van der Waals surface area contributed by atoms with Crippen molar-refractivity contribution in [2.75, 3.05) is 11.9 Å². The number of hydrogen-bond acceptors (Lipinski definition) is 5. The molecule has 6 rings (SSSR count). The van der Waals surface area contributed by atoms with E-state index in [0.717, 1.165) is 28.9 Å². The van der Waals surface area contributed by atoms with Crippen LogP contribution in [0.1, 0.15) is 99.0 Å². The molecule has 0 bridgehead atoms. The fourth-order valence-electron chi connectivity index (χ4n) is 5.97. The summed E-state index contributed by atoms with van der Waals surface area (Å²) in [5, 5.41) is 0. The van der Waals surface area contributed by atoms with Crippen molar-refractivity contribution < 1.29 is 24.0 Å². The van der Waals surface area contributed by atoms with Gasteiger partial charge in [0.25, 0.3) is 23.6 Å². The highest BCUT2D eigenvalue weighted by molar-refractivity contribution is 6.35. The Hall–Kier alpha value is -5.17. The lowest BCUT2D eigenvalue weighted by atomic mass is 9.96. The van der Waals surface area contributed by atoms with Crippen LogP contribution in [0.25, 0.3) is 0 Å². The summed E-state index contributed by atoms with van der Waals surface area (Å²) < 4.78 is 0. The van der Waals surface area contributed by atoms with Gasteiger partial charge < -0.3 is 0 Å². The van der Waals surface area contributed by atoms with E-state index in [0.29, 0.717) is 12.1 Å². The van der Waals surface area contributed by atoms with E-state index in [1.165, 1.54) is 65.0 Å². The van der Waals surface area contributed by atoms with Gasteiger partial charge in [-0.1, -0.05) is 56.3 Å². The monoisotopic (exact) mass is 570 g/mol. The number of aryl methyl sites for hydroxylation is 3. The third-order valence-corrected chi connectivity index (χ3v) is 8.47. The van der Waals surface area contributed by atoms with Gasteiger partial charge in [-0.3, -0.25) is 28.9 Å². The first-order valence-electron chi connectivity index (χ1n) is 14.4. The van der Waals surface area contributed by atoms with Crippen molar-refractivity contribution in [1.82, 2.24) is 4.90 Å². The molecule has 4 aromatic carbocycles. The Morgan fingerprint density at radius 3 is 1.74 bits per heavy atom. The molecule has 7 heteroatoms. The second-order valence-corrected chi connectivity index (χ2v) is 11.1. The Balaban J connectivity index is 1.28. The van der Waals surface area contributed by atoms with Gasteiger partial charge in [0, 0.05) is 18.2 Å². The largest absolute Gasteiger partial charge is 0.289 e. The summed E-state index contributed by atoms with van der Waals surface area (Å²) in [6, 6.07) is 21.2. The van der Waals surface area contributed by atoms with E-state index >= 15 is 0 Å². The van der Waals surface area contributed by atoms with Crippen molar-refractivity contribution in [3.8, 4) is 0 Å². The molecule has 43 heavy (non-hydrogen) atoms. The smallest absolute Gasteiger partial charge is 0.266 e. The highest BCUT2D eigenvalue weighted by Gasteiger charge is 2.38. The number of hydrogen-bond donors (Lipinski definition) is 0. The second kappa shape index (κ2) is 10.6. The SMILES string of the molecule is CCc1cc(Cc2ccc(N3C(=O)c4ccc(C(=O)c5ccc6c(c5)C(=O)N(C)C6=O)cc4C3=O)c(CC)c2)ccc1C. The van der Waals surface area contributed by atoms with Crippen LogP contribution in [0.3, 0.4) is 0 Å². The summed E-state index contributed by atoms with van der Waals surface area (Å²) >= 11 is 0. The van der Waals surface area contributed by atoms with E-state index < -0.39 is 29.4 Å². The molecule has 0 spiro atoms. The van der Waals surface area contributed by atoms with Gasteiger partial charge in [-0.25, -0.2) is 4.90 Å². The number of benzene rings is 4. The quantitative estimate of drug-likeness (QED) is 0.202. The van der Waals surface area contributed by atoms with E-state index in [2.05, 4.69) is 38.1 Å². The molecule has 0 radical (unpaired) electrons. The number of nitrogens with zero attached hydrogens (tertiary/aromatic N) is 2. The molecule has 214 valence electrons. The molecule has 2 aliphatic heterocycles. The fourth-order valence-corrected chi connectivity index (χ4v) is 5.97. The van der Waals surface area contributed by atoms with Crippen molar-refractivity contribution in [3.05, 3.63) is 134 Å². The minimum Gasteiger partial charge on any atom is -0.289 e. The van der Waals surface area contributed by atoms with Gasteiger partial charge in [-0.2, -0.15) is 0 Å². The van der Waals surface area contributed by atoms with E-state index in [4.69, 9.17) is 0 Å². The Morgan fingerprint density at radius 2 is 1.12 bits per heavy atom. The van der Waals surface area contributed by atoms with Crippen LogP contribution in [0, 0.1) is 6.92 Å². The Labute approximate surface area is 249 Å². The molecule has 0 saturated heterocycles. The van der Waals surface area contributed by atoms with Gasteiger partial charge in [0.05, 0.1) is 27.9 Å². The molecule has 0 saturated carbocycles. The van der Waals surface area contributed by atoms with Gasteiger partial charge in [-0.15, -0.1) is 0 Å². The van der Waals surface area contributed by atoms with Crippen LogP contribution in [-0.2, 0) is 19.3 Å². The molecule has 2 heterocycles. The van der Waals surface area contributed by atoms with E-state index in [-0.39, 0.29) is 33.4 Å². The normalized spacial score (nSPS) is 14.0. The van der Waals surface area contributed by atoms with Gasteiger partial charge in [0.15, 0.2) is 5.78 Å². The molecule has 7 nitrogen and oxygen atoms in total. The number of carbonyl (C=O) groups is 5. The number of imide groups is 2. The Kier molecular flexibility index (Phi) is 6.89. The van der Waals surface area contributed by atoms with Gasteiger partial charge in [0.2, 0.25) is 0 Å². The summed E-state index contributed by atoms with van der Waals surface area (Å²) in [6.45, 7) is 6.25. The summed E-state index contributed by atoms with van der Waals surface area (Å²) in [7, 11) is 1.39. The predicted molar refractivity (Wildman–Crippen MR) is 163 cm³/mol. The molecule has 4 amide bonds. The highest BCUT2D eigenvalue weighted by Crippen LogP contribution is 2.33. The van der Waals surface area contributed by atoms with E-state index in [1.807, 2.05) is 19.1 Å². The minimum absolute atomic E-state index is 0.154. The lowest BCUT2D eigenvalue weighted by molar-refractivity contribution is 0.0692. The fraction of sp³-hybridized carbons (Fsp3) is 0.194. The molecule has 2 aliphatic rings. The van der Waals surface area contributed by atoms with Crippen molar-refractivity contribution >= 4 is 35.1 Å². The summed E-state index contributed by atoms with van der Waals surface area (Å²) in [6.07, 6.45) is 2.34. The number of ketones is 1. The number of anilines is 1. The van der Waals surface area contributed by atoms with Crippen LogP contribution >= 0.6 is 0 Å². The molecule has 4 aromatic rings. The zero-order chi connectivity index (χ0) is 30.6. The second-order valence-electron chi connectivity index (χ2n) is 11.1. The van der Waals surface area contributed by atoms with Crippen LogP contribution in [0.5, 0.6) is 0 Å². The number of rotatable bonds is 7. The maximum absolute atomic E-state index is 13.6. The van der Waals surface area contributed by atoms with Crippen LogP contribution in [0.2, 0.25) is 0 Å². The predicted octanol–water partition coefficient (Wildman–Crippen LogP) is 5.97. The average Bonchev–Trinajstić information content (AvgIpc) is 3.40. The molecule has 0 aromatic heterocycles. The summed E-state index contributed by atoms with van der Waals surface area (Å²) in [5.74, 6) is -2.22. The van der Waals surface area contributed by atoms with Crippen LogP contribution in [0.15, 0.2) is 72.8 Å². The van der Waals surface area contributed by atoms with Crippen molar-refractivity contribution in [3.63, 3.8) is 0 Å². The lowest BCUT2D eigenvalue weighted by Crippen LogP contribution is -2.30. The average molecular weight is 571 g/mol. The van der Waals surface area contributed by atoms with E-state index in [9.17, 15) is 24.0 Å². The molecule has 0 N–H and O–H groups in total. The van der Waals surface area contributed by atoms with Gasteiger partial charge in [-0.05, 0) is 84.3 Å². The molecule has 0 fully saturated rings.